The summed E-state index contributed by atoms with van der Waals surface area (Å²) in [6.45, 7) is 14.1. The second-order valence-electron chi connectivity index (χ2n) is 15.2. The normalized spacial score (nSPS) is 16.3. The average molecular weight is 788 g/mol. The fourth-order valence-electron chi connectivity index (χ4n) is 9.25. The fourth-order valence-corrected chi connectivity index (χ4v) is 9.25. The fraction of sp³-hybridized carbons (Fsp3) is 0.222. The van der Waals surface area contributed by atoms with Crippen LogP contribution in [0.2, 0.25) is 0 Å². The summed E-state index contributed by atoms with van der Waals surface area (Å²) >= 11 is 0. The van der Waals surface area contributed by atoms with Crippen LogP contribution in [0.5, 0.6) is 0 Å². The Bertz CT molecular complexity index is 2890. The van der Waals surface area contributed by atoms with Gasteiger partial charge in [0.05, 0.1) is 46.2 Å². The number of para-hydroxylation sites is 1. The molecule has 0 fully saturated rings. The second-order valence-corrected chi connectivity index (χ2v) is 15.2. The maximum atomic E-state index is 14.7. The maximum Gasteiger partial charge on any atom is 0.281 e. The van der Waals surface area contributed by atoms with Crippen LogP contribution in [0, 0.1) is 34.3 Å². The van der Waals surface area contributed by atoms with Crippen LogP contribution >= 0.6 is 0 Å². The molecule has 5 aromatic carbocycles. The van der Waals surface area contributed by atoms with Gasteiger partial charge in [-0.15, -0.1) is 0 Å². The molecule has 14 heteroatoms. The first-order valence-electron chi connectivity index (χ1n) is 18.9. The highest BCUT2D eigenvalue weighted by molar-refractivity contribution is 6.41. The molecule has 0 aromatic heterocycles. The Morgan fingerprint density at radius 3 is 1.53 bits per heavy atom. The number of benzene rings is 5. The number of rotatable bonds is 8. The van der Waals surface area contributed by atoms with E-state index in [2.05, 4.69) is 4.85 Å². The van der Waals surface area contributed by atoms with Crippen LogP contribution in [0.4, 0.5) is 5.69 Å². The molecule has 0 aliphatic carbocycles. The summed E-state index contributed by atoms with van der Waals surface area (Å²) < 4.78 is 5.33. The van der Waals surface area contributed by atoms with E-state index in [0.717, 1.165) is 9.80 Å². The van der Waals surface area contributed by atoms with E-state index in [1.54, 1.807) is 39.8 Å². The first-order chi connectivity index (χ1) is 28.2. The summed E-state index contributed by atoms with van der Waals surface area (Å²) in [5, 5.41) is 1.32. The lowest BCUT2D eigenvalue weighted by molar-refractivity contribution is 0.00207. The van der Waals surface area contributed by atoms with Crippen molar-refractivity contribution in [3.63, 3.8) is 0 Å². The third-order valence-electron chi connectivity index (χ3n) is 11.8. The first-order valence-corrected chi connectivity index (χ1v) is 18.9. The number of imide groups is 4. The SMILES string of the molecule is [C-]#[N+]CCCC(COC)N1C(=O)c2ccc3c4c(ccc(c24)C1=O)C(=O)N(N1C(=O)c2cc(C)c4c5c(cc(C)c(c25)C1=O)C(=O)N(c1c(C)cccc1C)C4=O)C3=O. The minimum Gasteiger partial charge on any atom is -0.383 e. The molecule has 0 radical (unpaired) electrons. The van der Waals surface area contributed by atoms with Crippen molar-refractivity contribution in [1.29, 1.82) is 0 Å². The van der Waals surface area contributed by atoms with Gasteiger partial charge in [0.15, 0.2) is 0 Å². The monoisotopic (exact) mass is 787 g/mol. The van der Waals surface area contributed by atoms with E-state index in [-0.39, 0.29) is 84.8 Å². The van der Waals surface area contributed by atoms with E-state index >= 15 is 0 Å². The van der Waals surface area contributed by atoms with Crippen molar-refractivity contribution in [2.24, 2.45) is 0 Å². The van der Waals surface area contributed by atoms with Gasteiger partial charge in [-0.3, -0.25) is 43.3 Å². The molecule has 9 rings (SSSR count). The van der Waals surface area contributed by atoms with Crippen molar-refractivity contribution in [3.8, 4) is 0 Å². The molecule has 5 aromatic rings. The van der Waals surface area contributed by atoms with Crippen LogP contribution < -0.4 is 4.90 Å². The molecule has 0 bridgehead atoms. The van der Waals surface area contributed by atoms with Gasteiger partial charge >= 0.3 is 0 Å². The van der Waals surface area contributed by atoms with E-state index in [1.807, 2.05) is 6.07 Å². The molecule has 0 spiro atoms. The third kappa shape index (κ3) is 4.88. The zero-order valence-corrected chi connectivity index (χ0v) is 32.5. The van der Waals surface area contributed by atoms with Gasteiger partial charge in [0.2, 0.25) is 6.54 Å². The minimum absolute atomic E-state index is 0.0323. The van der Waals surface area contributed by atoms with E-state index in [1.165, 1.54) is 43.5 Å². The highest BCUT2D eigenvalue weighted by Crippen LogP contribution is 2.45. The summed E-state index contributed by atoms with van der Waals surface area (Å²) in [6.07, 6.45) is 0.743. The molecule has 1 unspecified atom stereocenters. The Morgan fingerprint density at radius 2 is 1.02 bits per heavy atom. The summed E-state index contributed by atoms with van der Waals surface area (Å²) in [5.41, 5.74) is 2.49. The molecular weight excluding hydrogens is 755 g/mol. The van der Waals surface area contributed by atoms with Gasteiger partial charge in [-0.05, 0) is 92.8 Å². The van der Waals surface area contributed by atoms with E-state index < -0.39 is 53.3 Å². The molecule has 4 aliphatic rings. The van der Waals surface area contributed by atoms with Gasteiger partial charge in [0, 0.05) is 51.8 Å². The Hall–Kier alpha value is -7.37. The molecule has 4 aliphatic heterocycles. The van der Waals surface area contributed by atoms with E-state index in [4.69, 9.17) is 11.3 Å². The number of carbonyl (C=O) groups is 8. The van der Waals surface area contributed by atoms with E-state index in [9.17, 15) is 38.4 Å². The Balaban J connectivity index is 1.14. The number of hydrazine groups is 1. The van der Waals surface area contributed by atoms with Crippen molar-refractivity contribution in [2.45, 2.75) is 46.6 Å². The summed E-state index contributed by atoms with van der Waals surface area (Å²) in [5.74, 6) is -6.67. The molecule has 8 amide bonds. The lowest BCUT2D eigenvalue weighted by atomic mass is 9.81. The van der Waals surface area contributed by atoms with Gasteiger partial charge in [-0.2, -0.15) is 10.0 Å². The molecule has 0 saturated heterocycles. The molecule has 14 nitrogen and oxygen atoms in total. The summed E-state index contributed by atoms with van der Waals surface area (Å²) in [6, 6.07) is 13.1. The number of carbonyl (C=O) groups excluding carboxylic acids is 8. The Labute approximate surface area is 336 Å². The highest BCUT2D eigenvalue weighted by Gasteiger charge is 2.50. The van der Waals surface area contributed by atoms with Crippen LogP contribution in [-0.4, -0.2) is 88.5 Å². The topological polar surface area (TPSA) is 163 Å². The molecule has 1 atom stereocenters. The lowest BCUT2D eigenvalue weighted by Gasteiger charge is -2.39. The van der Waals surface area contributed by atoms with Crippen molar-refractivity contribution in [3.05, 3.63) is 133 Å². The molecule has 59 heavy (non-hydrogen) atoms. The van der Waals surface area contributed by atoms with Gasteiger partial charge in [0.1, 0.15) is 0 Å². The predicted octanol–water partition coefficient (Wildman–Crippen LogP) is 6.14. The third-order valence-corrected chi connectivity index (χ3v) is 11.8. The van der Waals surface area contributed by atoms with Crippen LogP contribution in [0.15, 0.2) is 54.6 Å². The number of methoxy groups -OCH3 is 1. The molecule has 292 valence electrons. The zero-order chi connectivity index (χ0) is 41.9. The van der Waals surface area contributed by atoms with Crippen LogP contribution in [0.3, 0.4) is 0 Å². The molecule has 4 heterocycles. The summed E-state index contributed by atoms with van der Waals surface area (Å²) in [7, 11) is 1.44. The van der Waals surface area contributed by atoms with Crippen molar-refractivity contribution in [2.75, 3.05) is 25.2 Å². The standard InChI is InChI=1S/C45H33N5O9/c1-20-9-7-10-21(2)37(20)48-40(53)29-17-23(4)32-36-30(18-22(3)31(35(29)36)44(48)57)43(56)50(45(32)58)49-41(54)27-14-12-25-33-26(13-15-28(34(27)33)42(49)55)39(52)47(38(25)51)24(19-59-6)11-8-16-46-5/h7,9-10,12-15,17-18,24H,8,11,16,19H2,1-4,6H3. The average Bonchev–Trinajstić information content (AvgIpc) is 3.20. The van der Waals surface area contributed by atoms with Gasteiger partial charge in [0.25, 0.3) is 47.3 Å². The smallest absolute Gasteiger partial charge is 0.281 e. The van der Waals surface area contributed by atoms with Gasteiger partial charge < -0.3 is 9.58 Å². The number of aryl methyl sites for hydroxylation is 4. The van der Waals surface area contributed by atoms with Crippen LogP contribution in [0.25, 0.3) is 26.4 Å². The van der Waals surface area contributed by atoms with Crippen LogP contribution in [0.1, 0.15) is 118 Å². The van der Waals surface area contributed by atoms with E-state index in [0.29, 0.717) is 45.2 Å². The van der Waals surface area contributed by atoms with Crippen molar-refractivity contribution >= 4 is 74.5 Å². The second kappa shape index (κ2) is 13.1. The predicted molar refractivity (Wildman–Crippen MR) is 212 cm³/mol. The largest absolute Gasteiger partial charge is 0.383 e. The number of hydrogen-bond donors (Lipinski definition) is 0. The number of ether oxygens (including phenoxy) is 1. The van der Waals surface area contributed by atoms with Gasteiger partial charge in [-0.25, -0.2) is 11.5 Å². The number of nitrogens with zero attached hydrogens (tertiary/aromatic N) is 5. The highest BCUT2D eigenvalue weighted by atomic mass is 16.5. The van der Waals surface area contributed by atoms with Crippen molar-refractivity contribution in [1.82, 2.24) is 14.9 Å². The quantitative estimate of drug-likeness (QED) is 0.102. The number of anilines is 1. The molecule has 0 saturated carbocycles. The number of amides is 8. The van der Waals surface area contributed by atoms with Crippen molar-refractivity contribution < 1.29 is 43.1 Å². The number of hydrogen-bond acceptors (Lipinski definition) is 9. The first kappa shape index (κ1) is 37.2. The maximum absolute atomic E-state index is 14.7. The molecule has 0 N–H and O–H groups in total. The van der Waals surface area contributed by atoms with Crippen LogP contribution in [-0.2, 0) is 4.74 Å². The zero-order valence-electron chi connectivity index (χ0n) is 32.5. The lowest BCUT2D eigenvalue weighted by Crippen LogP contribution is -2.58. The minimum atomic E-state index is -1.04. The Kier molecular flexibility index (Phi) is 8.25. The molecular formula is C45H33N5O9. The summed E-state index contributed by atoms with van der Waals surface area (Å²) in [4.78, 5) is 121. The Morgan fingerprint density at radius 1 is 0.559 bits per heavy atom. The van der Waals surface area contributed by atoms with Gasteiger partial charge in [-0.1, -0.05) is 18.2 Å².